The van der Waals surface area contributed by atoms with Crippen molar-refractivity contribution in [1.82, 2.24) is 5.32 Å². The van der Waals surface area contributed by atoms with E-state index in [9.17, 15) is 4.79 Å². The third-order valence-corrected chi connectivity index (χ3v) is 5.54. The predicted molar refractivity (Wildman–Crippen MR) is 111 cm³/mol. The fourth-order valence-corrected chi connectivity index (χ4v) is 4.05. The van der Waals surface area contributed by atoms with E-state index in [-0.39, 0.29) is 11.9 Å². The monoisotopic (exact) mass is 414 g/mol. The standard InChI is InChI=1S/C22H27BrN2O/c1-16-5-4-12-25(15-16)21-10-8-19(9-11-21)17(2)24-22(26)14-18-6-3-7-20(23)13-18/h3,6-11,13,16-17H,4-5,12,14-15H2,1-2H3,(H,24,26). The lowest BCUT2D eigenvalue weighted by Gasteiger charge is -2.33. The molecule has 1 heterocycles. The van der Waals surface area contributed by atoms with Crippen molar-refractivity contribution in [1.29, 1.82) is 0 Å². The van der Waals surface area contributed by atoms with E-state index in [1.165, 1.54) is 18.5 Å². The van der Waals surface area contributed by atoms with Crippen molar-refractivity contribution < 1.29 is 4.79 Å². The predicted octanol–water partition coefficient (Wildman–Crippen LogP) is 5.11. The van der Waals surface area contributed by atoms with Crippen LogP contribution in [0.2, 0.25) is 0 Å². The molecule has 2 aromatic rings. The van der Waals surface area contributed by atoms with E-state index in [1.54, 1.807) is 0 Å². The highest BCUT2D eigenvalue weighted by molar-refractivity contribution is 9.10. The van der Waals surface area contributed by atoms with Crippen LogP contribution in [0.4, 0.5) is 5.69 Å². The van der Waals surface area contributed by atoms with Crippen LogP contribution >= 0.6 is 15.9 Å². The molecule has 3 nitrogen and oxygen atoms in total. The third-order valence-electron chi connectivity index (χ3n) is 5.05. The maximum atomic E-state index is 12.3. The number of benzene rings is 2. The number of hydrogen-bond acceptors (Lipinski definition) is 2. The number of carbonyl (C=O) groups excluding carboxylic acids is 1. The van der Waals surface area contributed by atoms with E-state index in [4.69, 9.17) is 0 Å². The molecule has 4 heteroatoms. The number of nitrogens with one attached hydrogen (secondary N) is 1. The number of hydrogen-bond donors (Lipinski definition) is 1. The quantitative estimate of drug-likeness (QED) is 0.737. The van der Waals surface area contributed by atoms with Gasteiger partial charge in [0.1, 0.15) is 0 Å². The van der Waals surface area contributed by atoms with Crippen LogP contribution in [0.1, 0.15) is 43.9 Å². The van der Waals surface area contributed by atoms with E-state index < -0.39 is 0 Å². The first-order valence-electron chi connectivity index (χ1n) is 9.40. The molecule has 1 N–H and O–H groups in total. The van der Waals surface area contributed by atoms with Crippen LogP contribution in [-0.2, 0) is 11.2 Å². The lowest BCUT2D eigenvalue weighted by atomic mass is 9.99. The van der Waals surface area contributed by atoms with Gasteiger partial charge in [0.05, 0.1) is 12.5 Å². The van der Waals surface area contributed by atoms with Gasteiger partial charge in [-0.25, -0.2) is 0 Å². The Bertz CT molecular complexity index is 744. The minimum atomic E-state index is 0.00369. The zero-order valence-corrected chi connectivity index (χ0v) is 17.1. The molecule has 1 aliphatic rings. The summed E-state index contributed by atoms with van der Waals surface area (Å²) >= 11 is 3.45. The van der Waals surface area contributed by atoms with E-state index in [2.05, 4.69) is 57.3 Å². The molecule has 0 saturated carbocycles. The van der Waals surface area contributed by atoms with Crippen LogP contribution < -0.4 is 10.2 Å². The highest BCUT2D eigenvalue weighted by Gasteiger charge is 2.17. The first-order valence-corrected chi connectivity index (χ1v) is 10.2. The minimum absolute atomic E-state index is 0.00369. The largest absolute Gasteiger partial charge is 0.371 e. The van der Waals surface area contributed by atoms with Crippen LogP contribution in [0, 0.1) is 5.92 Å². The maximum absolute atomic E-state index is 12.3. The van der Waals surface area contributed by atoms with Crippen molar-refractivity contribution in [3.8, 4) is 0 Å². The summed E-state index contributed by atoms with van der Waals surface area (Å²) in [5.74, 6) is 0.809. The Morgan fingerprint density at radius 2 is 2.04 bits per heavy atom. The molecule has 2 atom stereocenters. The Morgan fingerprint density at radius 3 is 2.73 bits per heavy atom. The summed E-state index contributed by atoms with van der Waals surface area (Å²) in [6.07, 6.45) is 2.99. The van der Waals surface area contributed by atoms with Gasteiger partial charge < -0.3 is 10.2 Å². The molecule has 1 saturated heterocycles. The molecule has 0 bridgehead atoms. The Hall–Kier alpha value is -1.81. The van der Waals surface area contributed by atoms with Crippen LogP contribution in [0.25, 0.3) is 0 Å². The molecule has 1 fully saturated rings. The third kappa shape index (κ3) is 5.10. The van der Waals surface area contributed by atoms with Gasteiger partial charge >= 0.3 is 0 Å². The SMILES string of the molecule is CC1CCCN(c2ccc(C(C)NC(=O)Cc3cccc(Br)c3)cc2)C1. The van der Waals surface area contributed by atoms with Gasteiger partial charge in [-0.2, -0.15) is 0 Å². The van der Waals surface area contributed by atoms with Crippen molar-refractivity contribution in [3.05, 3.63) is 64.1 Å². The van der Waals surface area contributed by atoms with Crippen LogP contribution in [-0.4, -0.2) is 19.0 Å². The first-order chi connectivity index (χ1) is 12.5. The Balaban J connectivity index is 1.57. The molecule has 1 aliphatic heterocycles. The molecular weight excluding hydrogens is 388 g/mol. The Labute approximate surface area is 164 Å². The smallest absolute Gasteiger partial charge is 0.224 e. The fraction of sp³-hybridized carbons (Fsp3) is 0.409. The molecule has 0 aliphatic carbocycles. The van der Waals surface area contributed by atoms with E-state index in [1.807, 2.05) is 31.2 Å². The Kier molecular flexibility index (Phi) is 6.36. The summed E-state index contributed by atoms with van der Waals surface area (Å²) in [5.41, 5.74) is 3.44. The van der Waals surface area contributed by atoms with Gasteiger partial charge in [-0.05, 0) is 61.1 Å². The second kappa shape index (κ2) is 8.72. The lowest BCUT2D eigenvalue weighted by molar-refractivity contribution is -0.121. The molecular formula is C22H27BrN2O. The van der Waals surface area contributed by atoms with Gasteiger partial charge in [0.2, 0.25) is 5.91 Å². The molecule has 0 spiro atoms. The van der Waals surface area contributed by atoms with Gasteiger partial charge in [-0.3, -0.25) is 4.79 Å². The Morgan fingerprint density at radius 1 is 1.27 bits per heavy atom. The summed E-state index contributed by atoms with van der Waals surface area (Å²) in [6.45, 7) is 6.64. The van der Waals surface area contributed by atoms with Gasteiger partial charge in [-0.15, -0.1) is 0 Å². The van der Waals surface area contributed by atoms with Gasteiger partial charge in [0, 0.05) is 23.2 Å². The van der Waals surface area contributed by atoms with Crippen molar-refractivity contribution in [2.45, 2.75) is 39.2 Å². The number of rotatable bonds is 5. The van der Waals surface area contributed by atoms with Crippen molar-refractivity contribution in [3.63, 3.8) is 0 Å². The fourth-order valence-electron chi connectivity index (χ4n) is 3.61. The summed E-state index contributed by atoms with van der Waals surface area (Å²) in [7, 11) is 0. The number of anilines is 1. The summed E-state index contributed by atoms with van der Waals surface area (Å²) < 4.78 is 0.999. The van der Waals surface area contributed by atoms with Gasteiger partial charge in [-0.1, -0.05) is 47.1 Å². The number of halogens is 1. The summed E-state index contributed by atoms with van der Waals surface area (Å²) in [5, 5.41) is 3.10. The summed E-state index contributed by atoms with van der Waals surface area (Å²) in [6, 6.07) is 16.5. The topological polar surface area (TPSA) is 32.3 Å². The zero-order chi connectivity index (χ0) is 18.5. The highest BCUT2D eigenvalue weighted by Crippen LogP contribution is 2.24. The normalized spacial score (nSPS) is 18.4. The van der Waals surface area contributed by atoms with Crippen LogP contribution in [0.15, 0.2) is 53.0 Å². The van der Waals surface area contributed by atoms with Crippen molar-refractivity contribution in [2.75, 3.05) is 18.0 Å². The van der Waals surface area contributed by atoms with Gasteiger partial charge in [0.25, 0.3) is 0 Å². The lowest BCUT2D eigenvalue weighted by Crippen LogP contribution is -2.34. The second-order valence-corrected chi connectivity index (χ2v) is 8.30. The van der Waals surface area contributed by atoms with Crippen LogP contribution in [0.3, 0.4) is 0 Å². The first kappa shape index (κ1) is 19.0. The molecule has 26 heavy (non-hydrogen) atoms. The molecule has 138 valence electrons. The summed E-state index contributed by atoms with van der Waals surface area (Å²) in [4.78, 5) is 14.8. The minimum Gasteiger partial charge on any atom is -0.371 e. The molecule has 3 rings (SSSR count). The van der Waals surface area contributed by atoms with E-state index >= 15 is 0 Å². The zero-order valence-electron chi connectivity index (χ0n) is 15.5. The van der Waals surface area contributed by atoms with Crippen molar-refractivity contribution >= 4 is 27.5 Å². The average molecular weight is 415 g/mol. The van der Waals surface area contributed by atoms with Gasteiger partial charge in [0.15, 0.2) is 0 Å². The number of nitrogens with zero attached hydrogens (tertiary/aromatic N) is 1. The van der Waals surface area contributed by atoms with Crippen molar-refractivity contribution in [2.24, 2.45) is 5.92 Å². The molecule has 0 aromatic heterocycles. The maximum Gasteiger partial charge on any atom is 0.224 e. The number of piperidine rings is 1. The van der Waals surface area contributed by atoms with E-state index in [0.717, 1.165) is 34.6 Å². The molecule has 2 unspecified atom stereocenters. The van der Waals surface area contributed by atoms with E-state index in [0.29, 0.717) is 6.42 Å². The molecule has 0 radical (unpaired) electrons. The average Bonchev–Trinajstić information content (AvgIpc) is 2.61. The number of carbonyl (C=O) groups is 1. The van der Waals surface area contributed by atoms with Crippen LogP contribution in [0.5, 0.6) is 0 Å². The molecule has 1 amide bonds. The second-order valence-electron chi connectivity index (χ2n) is 7.38. The highest BCUT2D eigenvalue weighted by atomic mass is 79.9. The number of amides is 1. The molecule has 2 aromatic carbocycles.